The summed E-state index contributed by atoms with van der Waals surface area (Å²) < 4.78 is 1.62. The Labute approximate surface area is 134 Å². The minimum atomic E-state index is -0.388. The average Bonchev–Trinajstić information content (AvgIpc) is 2.94. The second-order valence-corrected chi connectivity index (χ2v) is 7.51. The van der Waals surface area contributed by atoms with Crippen LogP contribution in [0.25, 0.3) is 0 Å². The monoisotopic (exact) mass is 339 g/mol. The zero-order valence-electron chi connectivity index (χ0n) is 11.2. The lowest BCUT2D eigenvalue weighted by molar-refractivity contribution is -0.117. The highest BCUT2D eigenvalue weighted by Gasteiger charge is 2.12. The molecule has 8 heteroatoms. The molecule has 110 valence electrons. The molecule has 1 N–H and O–H groups in total. The third-order valence-corrected chi connectivity index (χ3v) is 5.34. The maximum Gasteiger partial charge on any atom is 0.257 e. The summed E-state index contributed by atoms with van der Waals surface area (Å²) in [6.45, 7) is 2.04. The molecule has 2 amide bonds. The summed E-state index contributed by atoms with van der Waals surface area (Å²) >= 11 is 4.35. The molecule has 2 aromatic rings. The van der Waals surface area contributed by atoms with Crippen LogP contribution in [0.15, 0.2) is 39.0 Å². The predicted octanol–water partition coefficient (Wildman–Crippen LogP) is 2.70. The molecule has 2 rings (SSSR count). The molecule has 0 fully saturated rings. The lowest BCUT2D eigenvalue weighted by atomic mass is 10.2. The minimum Gasteiger partial charge on any atom is -0.292 e. The molecular formula is C13H13N3O2S3. The Kier molecular flexibility index (Phi) is 6.21. The number of hydrogen-bond donors (Lipinski definition) is 1. The van der Waals surface area contributed by atoms with Crippen LogP contribution >= 0.6 is 34.9 Å². The van der Waals surface area contributed by atoms with E-state index in [1.54, 1.807) is 36.0 Å². The van der Waals surface area contributed by atoms with Crippen molar-refractivity contribution in [3.05, 3.63) is 35.9 Å². The number of aromatic nitrogens is 2. The second-order valence-electron chi connectivity index (χ2n) is 3.80. The summed E-state index contributed by atoms with van der Waals surface area (Å²) in [5.74, 6) is 0.351. The van der Waals surface area contributed by atoms with Gasteiger partial charge in [0.25, 0.3) is 5.91 Å². The standard InChI is InChI=1S/C13H13N3O2S3/c1-2-19-12-15-16-13(21-12)20-8-10(17)14-11(18)9-6-4-3-5-7-9/h3-7H,2,8H2,1H3,(H,14,17,18). The first-order valence-electron chi connectivity index (χ1n) is 6.17. The number of benzene rings is 1. The number of carbonyl (C=O) groups excluding carboxylic acids is 2. The van der Waals surface area contributed by atoms with Gasteiger partial charge in [-0.15, -0.1) is 10.2 Å². The molecule has 5 nitrogen and oxygen atoms in total. The Morgan fingerprint density at radius 1 is 1.14 bits per heavy atom. The Morgan fingerprint density at radius 2 is 1.81 bits per heavy atom. The molecular weight excluding hydrogens is 326 g/mol. The topological polar surface area (TPSA) is 72.0 Å². The number of rotatable bonds is 6. The van der Waals surface area contributed by atoms with E-state index in [0.717, 1.165) is 14.4 Å². The van der Waals surface area contributed by atoms with Crippen molar-refractivity contribution >= 4 is 46.7 Å². The van der Waals surface area contributed by atoms with Crippen molar-refractivity contribution in [2.24, 2.45) is 0 Å². The van der Waals surface area contributed by atoms with Gasteiger partial charge in [0.2, 0.25) is 5.91 Å². The van der Waals surface area contributed by atoms with Crippen molar-refractivity contribution in [3.63, 3.8) is 0 Å². The van der Waals surface area contributed by atoms with Crippen molar-refractivity contribution in [1.82, 2.24) is 15.5 Å². The first-order chi connectivity index (χ1) is 10.2. The lowest BCUT2D eigenvalue weighted by Gasteiger charge is -2.02. The van der Waals surface area contributed by atoms with Crippen molar-refractivity contribution in [3.8, 4) is 0 Å². The van der Waals surface area contributed by atoms with Gasteiger partial charge in [0.15, 0.2) is 8.68 Å². The summed E-state index contributed by atoms with van der Waals surface area (Å²) in [6.07, 6.45) is 0. The third kappa shape index (κ3) is 5.14. The van der Waals surface area contributed by atoms with Crippen LogP contribution in [0.3, 0.4) is 0 Å². The van der Waals surface area contributed by atoms with Gasteiger partial charge in [-0.1, -0.05) is 60.0 Å². The average molecular weight is 339 g/mol. The molecule has 0 saturated carbocycles. The number of nitrogens with zero attached hydrogens (tertiary/aromatic N) is 2. The highest BCUT2D eigenvalue weighted by molar-refractivity contribution is 8.03. The number of thioether (sulfide) groups is 2. The van der Waals surface area contributed by atoms with Crippen molar-refractivity contribution < 1.29 is 9.59 Å². The van der Waals surface area contributed by atoms with E-state index >= 15 is 0 Å². The van der Waals surface area contributed by atoms with Crippen molar-refractivity contribution in [2.75, 3.05) is 11.5 Å². The van der Waals surface area contributed by atoms with Crippen molar-refractivity contribution in [2.45, 2.75) is 15.6 Å². The normalized spacial score (nSPS) is 10.3. The molecule has 0 bridgehead atoms. The number of imide groups is 1. The summed E-state index contributed by atoms with van der Waals surface area (Å²) in [5.41, 5.74) is 0.466. The summed E-state index contributed by atoms with van der Waals surface area (Å²) in [4.78, 5) is 23.5. The number of carbonyl (C=O) groups is 2. The van der Waals surface area contributed by atoms with Gasteiger partial charge < -0.3 is 0 Å². The maximum atomic E-state index is 11.8. The van der Waals surface area contributed by atoms with E-state index in [1.807, 2.05) is 13.0 Å². The van der Waals surface area contributed by atoms with Crippen LogP contribution in [-0.2, 0) is 4.79 Å². The van der Waals surface area contributed by atoms with E-state index in [4.69, 9.17) is 0 Å². The van der Waals surface area contributed by atoms with E-state index in [-0.39, 0.29) is 17.6 Å². The zero-order chi connectivity index (χ0) is 15.1. The fourth-order valence-corrected chi connectivity index (χ4v) is 4.11. The summed E-state index contributed by atoms with van der Waals surface area (Å²) in [6, 6.07) is 8.64. The lowest BCUT2D eigenvalue weighted by Crippen LogP contribution is -2.31. The van der Waals surface area contributed by atoms with E-state index in [2.05, 4.69) is 15.5 Å². The summed E-state index contributed by atoms with van der Waals surface area (Å²) in [7, 11) is 0. The largest absolute Gasteiger partial charge is 0.292 e. The smallest absolute Gasteiger partial charge is 0.257 e. The van der Waals surface area contributed by atoms with Crippen LogP contribution in [0.4, 0.5) is 0 Å². The minimum absolute atomic E-state index is 0.143. The zero-order valence-corrected chi connectivity index (χ0v) is 13.7. The molecule has 1 aromatic carbocycles. The molecule has 1 aromatic heterocycles. The fourth-order valence-electron chi connectivity index (χ4n) is 1.39. The van der Waals surface area contributed by atoms with Crippen LogP contribution in [-0.4, -0.2) is 33.5 Å². The fraction of sp³-hybridized carbons (Fsp3) is 0.231. The molecule has 1 heterocycles. The highest BCUT2D eigenvalue weighted by Crippen LogP contribution is 2.28. The molecule has 0 atom stereocenters. The Balaban J connectivity index is 1.80. The number of nitrogens with one attached hydrogen (secondary N) is 1. The second kappa shape index (κ2) is 8.16. The Morgan fingerprint density at radius 3 is 2.48 bits per heavy atom. The van der Waals surface area contributed by atoms with Crippen LogP contribution in [0.5, 0.6) is 0 Å². The molecule has 21 heavy (non-hydrogen) atoms. The van der Waals surface area contributed by atoms with Gasteiger partial charge in [-0.05, 0) is 17.9 Å². The van der Waals surface area contributed by atoms with Crippen LogP contribution in [0, 0.1) is 0 Å². The quantitative estimate of drug-likeness (QED) is 0.816. The van der Waals surface area contributed by atoms with Gasteiger partial charge in [0, 0.05) is 5.56 Å². The highest BCUT2D eigenvalue weighted by atomic mass is 32.2. The van der Waals surface area contributed by atoms with Crippen LogP contribution in [0.2, 0.25) is 0 Å². The molecule has 0 radical (unpaired) electrons. The van der Waals surface area contributed by atoms with Gasteiger partial charge in [0.1, 0.15) is 0 Å². The van der Waals surface area contributed by atoms with Gasteiger partial charge in [0.05, 0.1) is 5.75 Å². The SMILES string of the molecule is CCSc1nnc(SCC(=O)NC(=O)c2ccccc2)s1. The van der Waals surface area contributed by atoms with E-state index in [1.165, 1.54) is 23.1 Å². The molecule has 0 saturated heterocycles. The van der Waals surface area contributed by atoms with Gasteiger partial charge >= 0.3 is 0 Å². The molecule has 0 spiro atoms. The first kappa shape index (κ1) is 16.0. The first-order valence-corrected chi connectivity index (χ1v) is 8.96. The van der Waals surface area contributed by atoms with Crippen LogP contribution < -0.4 is 5.32 Å². The number of hydrogen-bond acceptors (Lipinski definition) is 7. The van der Waals surface area contributed by atoms with Gasteiger partial charge in [-0.3, -0.25) is 14.9 Å². The molecule has 0 aliphatic rings. The van der Waals surface area contributed by atoms with Gasteiger partial charge in [-0.25, -0.2) is 0 Å². The van der Waals surface area contributed by atoms with E-state index < -0.39 is 0 Å². The van der Waals surface area contributed by atoms with Gasteiger partial charge in [-0.2, -0.15) is 0 Å². The Hall–Kier alpha value is -1.38. The van der Waals surface area contributed by atoms with E-state index in [9.17, 15) is 9.59 Å². The van der Waals surface area contributed by atoms with Crippen LogP contribution in [0.1, 0.15) is 17.3 Å². The molecule has 0 aliphatic heterocycles. The molecule has 0 aliphatic carbocycles. The predicted molar refractivity (Wildman–Crippen MR) is 85.9 cm³/mol. The summed E-state index contributed by atoms with van der Waals surface area (Å²) in [5, 5.41) is 10.3. The Bertz CT molecular complexity index is 616. The maximum absolute atomic E-state index is 11.8. The third-order valence-electron chi connectivity index (χ3n) is 2.27. The van der Waals surface area contributed by atoms with E-state index in [0.29, 0.717) is 5.56 Å². The van der Waals surface area contributed by atoms with Crippen molar-refractivity contribution in [1.29, 1.82) is 0 Å². The molecule has 0 unspecified atom stereocenters. The number of amides is 2.